The van der Waals surface area contributed by atoms with Crippen molar-refractivity contribution in [1.29, 1.82) is 0 Å². The molecule has 6 heteroatoms. The van der Waals surface area contributed by atoms with E-state index in [1.165, 1.54) is 17.7 Å². The zero-order valence-electron chi connectivity index (χ0n) is 12.0. The van der Waals surface area contributed by atoms with Crippen LogP contribution in [0.4, 0.5) is 10.6 Å². The number of rotatable bonds is 2. The summed E-state index contributed by atoms with van der Waals surface area (Å²) in [7, 11) is 0. The van der Waals surface area contributed by atoms with E-state index < -0.39 is 11.7 Å². The Morgan fingerprint density at radius 3 is 3.05 bits per heavy atom. The lowest BCUT2D eigenvalue weighted by Crippen LogP contribution is -2.39. The van der Waals surface area contributed by atoms with E-state index in [9.17, 15) is 9.90 Å². The number of nitrogens with zero attached hydrogens (tertiary/aromatic N) is 2. The highest BCUT2D eigenvalue weighted by atomic mass is 16.5. The first kappa shape index (κ1) is 12.7. The summed E-state index contributed by atoms with van der Waals surface area (Å²) in [4.78, 5) is 17.1. The predicted octanol–water partition coefficient (Wildman–Crippen LogP) is 2.10. The molecule has 6 nitrogen and oxygen atoms in total. The maximum absolute atomic E-state index is 11.3. The SMILES string of the molecule is C[C@H]1C[C@]2(Cc3cc(NC4CC4)ncc3O2)CN1C(=O)O. The second-order valence-electron chi connectivity index (χ2n) is 6.52. The molecule has 21 heavy (non-hydrogen) atoms. The Kier molecular flexibility index (Phi) is 2.58. The molecule has 0 unspecified atom stereocenters. The van der Waals surface area contributed by atoms with Crippen molar-refractivity contribution >= 4 is 11.9 Å². The van der Waals surface area contributed by atoms with Crippen LogP contribution in [0.2, 0.25) is 0 Å². The second-order valence-corrected chi connectivity index (χ2v) is 6.52. The van der Waals surface area contributed by atoms with E-state index in [0.29, 0.717) is 12.6 Å². The van der Waals surface area contributed by atoms with Gasteiger partial charge in [0.2, 0.25) is 0 Å². The number of fused-ring (bicyclic) bond motifs is 1. The van der Waals surface area contributed by atoms with Gasteiger partial charge in [-0.2, -0.15) is 0 Å². The fourth-order valence-corrected chi connectivity index (χ4v) is 3.48. The molecule has 1 aromatic heterocycles. The Balaban J connectivity index is 1.54. The lowest BCUT2D eigenvalue weighted by atomic mass is 9.95. The van der Waals surface area contributed by atoms with Gasteiger partial charge in [0.05, 0.1) is 12.7 Å². The molecule has 1 saturated heterocycles. The van der Waals surface area contributed by atoms with Gasteiger partial charge < -0.3 is 20.1 Å². The van der Waals surface area contributed by atoms with Gasteiger partial charge in [-0.25, -0.2) is 9.78 Å². The molecule has 112 valence electrons. The Bertz CT molecular complexity index is 602. The molecule has 2 N–H and O–H groups in total. The molecule has 0 bridgehead atoms. The molecule has 2 atom stereocenters. The lowest BCUT2D eigenvalue weighted by Gasteiger charge is -2.22. The largest absolute Gasteiger partial charge is 0.483 e. The fourth-order valence-electron chi connectivity index (χ4n) is 3.48. The Morgan fingerprint density at radius 1 is 1.57 bits per heavy atom. The molecule has 1 amide bonds. The van der Waals surface area contributed by atoms with Crippen molar-refractivity contribution < 1.29 is 14.6 Å². The zero-order valence-corrected chi connectivity index (χ0v) is 12.0. The topological polar surface area (TPSA) is 74.7 Å². The Labute approximate surface area is 123 Å². The Hall–Kier alpha value is -1.98. The quantitative estimate of drug-likeness (QED) is 0.872. The van der Waals surface area contributed by atoms with Gasteiger partial charge in [0.1, 0.15) is 17.2 Å². The molecular weight excluding hydrogens is 270 g/mol. The summed E-state index contributed by atoms with van der Waals surface area (Å²) in [5, 5.41) is 12.6. The number of anilines is 1. The van der Waals surface area contributed by atoms with E-state index in [0.717, 1.165) is 30.0 Å². The molecule has 3 aliphatic rings. The van der Waals surface area contributed by atoms with Gasteiger partial charge >= 0.3 is 6.09 Å². The van der Waals surface area contributed by atoms with E-state index >= 15 is 0 Å². The highest BCUT2D eigenvalue weighted by molar-refractivity contribution is 5.66. The summed E-state index contributed by atoms with van der Waals surface area (Å²) in [6, 6.07) is 2.62. The normalized spacial score (nSPS) is 30.3. The number of amides is 1. The van der Waals surface area contributed by atoms with E-state index in [2.05, 4.69) is 16.4 Å². The third-order valence-corrected chi connectivity index (χ3v) is 4.62. The van der Waals surface area contributed by atoms with Gasteiger partial charge in [-0.1, -0.05) is 0 Å². The van der Waals surface area contributed by atoms with Crippen molar-refractivity contribution in [2.45, 2.75) is 50.3 Å². The summed E-state index contributed by atoms with van der Waals surface area (Å²) in [6.07, 6.45) is 4.82. The molecule has 1 saturated carbocycles. The monoisotopic (exact) mass is 289 g/mol. The Morgan fingerprint density at radius 2 is 2.38 bits per heavy atom. The minimum atomic E-state index is -0.867. The first-order valence-corrected chi connectivity index (χ1v) is 7.49. The molecule has 2 aliphatic heterocycles. The summed E-state index contributed by atoms with van der Waals surface area (Å²) in [5.41, 5.74) is 0.729. The van der Waals surface area contributed by atoms with Crippen LogP contribution in [0.3, 0.4) is 0 Å². The molecule has 0 radical (unpaired) electrons. The molecular formula is C15H19N3O3. The highest BCUT2D eigenvalue weighted by Gasteiger charge is 2.49. The van der Waals surface area contributed by atoms with Gasteiger partial charge in [0, 0.05) is 30.5 Å². The van der Waals surface area contributed by atoms with Gasteiger partial charge in [-0.05, 0) is 25.8 Å². The first-order chi connectivity index (χ1) is 10.0. The molecule has 1 aliphatic carbocycles. The first-order valence-electron chi connectivity index (χ1n) is 7.49. The average molecular weight is 289 g/mol. The van der Waals surface area contributed by atoms with Crippen LogP contribution in [0.5, 0.6) is 5.75 Å². The number of nitrogens with one attached hydrogen (secondary N) is 1. The van der Waals surface area contributed by atoms with Crippen molar-refractivity contribution in [3.05, 3.63) is 17.8 Å². The number of ether oxygens (including phenoxy) is 1. The number of pyridine rings is 1. The molecule has 2 fully saturated rings. The number of carbonyl (C=O) groups is 1. The van der Waals surface area contributed by atoms with Crippen LogP contribution in [0, 0.1) is 0 Å². The highest BCUT2D eigenvalue weighted by Crippen LogP contribution is 2.43. The van der Waals surface area contributed by atoms with Crippen molar-refractivity contribution in [1.82, 2.24) is 9.88 Å². The molecule has 0 aromatic carbocycles. The van der Waals surface area contributed by atoms with Crippen LogP contribution in [0.25, 0.3) is 0 Å². The molecule has 4 rings (SSSR count). The van der Waals surface area contributed by atoms with E-state index in [4.69, 9.17) is 4.74 Å². The average Bonchev–Trinajstić information content (AvgIpc) is 3.07. The lowest BCUT2D eigenvalue weighted by molar-refractivity contribution is 0.0960. The van der Waals surface area contributed by atoms with E-state index in [1.54, 1.807) is 6.20 Å². The predicted molar refractivity (Wildman–Crippen MR) is 76.8 cm³/mol. The summed E-state index contributed by atoms with van der Waals surface area (Å²) in [6.45, 7) is 2.37. The molecule has 3 heterocycles. The van der Waals surface area contributed by atoms with Crippen molar-refractivity contribution in [3.8, 4) is 5.75 Å². The van der Waals surface area contributed by atoms with Crippen LogP contribution in [-0.4, -0.2) is 45.3 Å². The van der Waals surface area contributed by atoms with Crippen LogP contribution in [0.1, 0.15) is 31.7 Å². The summed E-state index contributed by atoms with van der Waals surface area (Å²) >= 11 is 0. The number of hydrogen-bond donors (Lipinski definition) is 2. The van der Waals surface area contributed by atoms with E-state index in [1.807, 2.05) is 6.92 Å². The number of aromatic nitrogens is 1. The third kappa shape index (κ3) is 2.18. The van der Waals surface area contributed by atoms with Gasteiger partial charge in [-0.3, -0.25) is 0 Å². The summed E-state index contributed by atoms with van der Waals surface area (Å²) < 4.78 is 6.09. The molecule has 1 aromatic rings. The minimum Gasteiger partial charge on any atom is -0.483 e. The van der Waals surface area contributed by atoms with Crippen LogP contribution in [0.15, 0.2) is 12.3 Å². The number of hydrogen-bond acceptors (Lipinski definition) is 4. The van der Waals surface area contributed by atoms with Crippen molar-refractivity contribution in [3.63, 3.8) is 0 Å². The van der Waals surface area contributed by atoms with Crippen molar-refractivity contribution in [2.24, 2.45) is 0 Å². The third-order valence-electron chi connectivity index (χ3n) is 4.62. The number of likely N-dealkylation sites (tertiary alicyclic amines) is 1. The second kappa shape index (κ2) is 4.26. The van der Waals surface area contributed by atoms with Crippen LogP contribution < -0.4 is 10.1 Å². The van der Waals surface area contributed by atoms with Gasteiger partial charge in [0.15, 0.2) is 0 Å². The van der Waals surface area contributed by atoms with Crippen LogP contribution >= 0.6 is 0 Å². The van der Waals surface area contributed by atoms with Crippen molar-refractivity contribution in [2.75, 3.05) is 11.9 Å². The van der Waals surface area contributed by atoms with Crippen LogP contribution in [-0.2, 0) is 6.42 Å². The summed E-state index contributed by atoms with van der Waals surface area (Å²) in [5.74, 6) is 1.70. The minimum absolute atomic E-state index is 0.00571. The standard InChI is InChI=1S/C15H19N3O3/c1-9-5-15(8-18(9)14(19)20)6-10-4-13(17-11-2-3-11)16-7-12(10)21-15/h4,7,9,11H,2-3,5-6,8H2,1H3,(H,16,17)(H,19,20)/t9-,15-/m0/s1. The molecule has 1 spiro atoms. The maximum Gasteiger partial charge on any atom is 0.407 e. The maximum atomic E-state index is 11.3. The number of carboxylic acid groups (broad SMARTS) is 1. The van der Waals surface area contributed by atoms with E-state index in [-0.39, 0.29) is 6.04 Å². The van der Waals surface area contributed by atoms with Gasteiger partial charge in [-0.15, -0.1) is 0 Å². The fraction of sp³-hybridized carbons (Fsp3) is 0.600. The van der Waals surface area contributed by atoms with Gasteiger partial charge in [0.25, 0.3) is 0 Å². The zero-order chi connectivity index (χ0) is 14.6. The smallest absolute Gasteiger partial charge is 0.407 e.